The van der Waals surface area contributed by atoms with Crippen LogP contribution in [0.1, 0.15) is 34.7 Å². The van der Waals surface area contributed by atoms with E-state index in [0.29, 0.717) is 0 Å². The van der Waals surface area contributed by atoms with Crippen molar-refractivity contribution in [1.29, 1.82) is 0 Å². The fourth-order valence-corrected chi connectivity index (χ4v) is 1.78. The summed E-state index contributed by atoms with van der Waals surface area (Å²) in [7, 11) is 0. The van der Waals surface area contributed by atoms with Gasteiger partial charge in [0.25, 0.3) is 0 Å². The van der Waals surface area contributed by atoms with Gasteiger partial charge >= 0.3 is 5.97 Å². The summed E-state index contributed by atoms with van der Waals surface area (Å²) >= 11 is 0. The van der Waals surface area contributed by atoms with Gasteiger partial charge in [-0.05, 0) is 43.0 Å². The minimum absolute atomic E-state index is 0.107. The minimum Gasteiger partial charge on any atom is -0.507 e. The third-order valence-electron chi connectivity index (χ3n) is 2.89. The molecule has 1 aromatic carbocycles. The third kappa shape index (κ3) is 2.33. The zero-order valence-corrected chi connectivity index (χ0v) is 9.74. The van der Waals surface area contributed by atoms with Crippen molar-refractivity contribution in [2.75, 3.05) is 0 Å². The van der Waals surface area contributed by atoms with Crippen LogP contribution in [0.15, 0.2) is 6.07 Å². The normalized spacial score (nSPS) is 12.5. The van der Waals surface area contributed by atoms with Crippen LogP contribution in [-0.4, -0.2) is 16.2 Å². The number of aryl methyl sites for hydroxylation is 1. The van der Waals surface area contributed by atoms with E-state index in [9.17, 15) is 9.90 Å². The Kier molecular flexibility index (Phi) is 3.55. The van der Waals surface area contributed by atoms with Crippen molar-refractivity contribution in [1.82, 2.24) is 0 Å². The van der Waals surface area contributed by atoms with Gasteiger partial charge in [-0.2, -0.15) is 0 Å². The summed E-state index contributed by atoms with van der Waals surface area (Å²) in [6, 6.07) is 1.22. The number of aliphatic carboxylic acids is 1. The lowest BCUT2D eigenvalue weighted by molar-refractivity contribution is -0.137. The topological polar surface area (TPSA) is 83.6 Å². The van der Waals surface area contributed by atoms with Gasteiger partial charge in [0.15, 0.2) is 0 Å². The number of rotatable bonds is 3. The minimum atomic E-state index is -0.921. The van der Waals surface area contributed by atoms with Crippen molar-refractivity contribution in [2.24, 2.45) is 5.73 Å². The van der Waals surface area contributed by atoms with E-state index in [0.717, 1.165) is 22.3 Å². The molecule has 0 saturated heterocycles. The lowest BCUT2D eigenvalue weighted by Crippen LogP contribution is -2.16. The number of hydrogen-bond donors (Lipinski definition) is 3. The Morgan fingerprint density at radius 2 is 1.94 bits per heavy atom. The lowest BCUT2D eigenvalue weighted by Gasteiger charge is -2.17. The summed E-state index contributed by atoms with van der Waals surface area (Å²) in [5.74, 6) is -0.668. The molecule has 4 N–H and O–H groups in total. The number of phenolic OH excluding ortho intramolecular Hbond substituents is 1. The highest BCUT2D eigenvalue weighted by Gasteiger charge is 2.16. The average molecular weight is 223 g/mol. The highest BCUT2D eigenvalue weighted by Crippen LogP contribution is 2.30. The monoisotopic (exact) mass is 223 g/mol. The summed E-state index contributed by atoms with van der Waals surface area (Å²) in [5, 5.41) is 18.4. The van der Waals surface area contributed by atoms with E-state index in [2.05, 4.69) is 0 Å². The van der Waals surface area contributed by atoms with Gasteiger partial charge in [0.1, 0.15) is 5.75 Å². The van der Waals surface area contributed by atoms with Crippen LogP contribution in [0, 0.1) is 20.8 Å². The van der Waals surface area contributed by atoms with Crippen molar-refractivity contribution in [2.45, 2.75) is 33.2 Å². The molecule has 0 amide bonds. The van der Waals surface area contributed by atoms with E-state index < -0.39 is 12.0 Å². The van der Waals surface area contributed by atoms with Gasteiger partial charge in [-0.1, -0.05) is 6.07 Å². The molecule has 0 aliphatic rings. The van der Waals surface area contributed by atoms with Crippen molar-refractivity contribution < 1.29 is 15.0 Å². The first-order valence-corrected chi connectivity index (χ1v) is 5.11. The largest absolute Gasteiger partial charge is 0.507 e. The van der Waals surface area contributed by atoms with Crippen LogP contribution in [0.25, 0.3) is 0 Å². The van der Waals surface area contributed by atoms with Crippen LogP contribution in [0.2, 0.25) is 0 Å². The molecular formula is C12H17NO3. The number of nitrogens with two attached hydrogens (primary N) is 1. The number of aromatic hydroxyl groups is 1. The van der Waals surface area contributed by atoms with Gasteiger partial charge in [0.2, 0.25) is 0 Å². The van der Waals surface area contributed by atoms with E-state index in [4.69, 9.17) is 10.8 Å². The van der Waals surface area contributed by atoms with Crippen molar-refractivity contribution in [3.8, 4) is 5.75 Å². The molecule has 0 heterocycles. The Hall–Kier alpha value is -1.55. The molecule has 1 rings (SSSR count). The van der Waals surface area contributed by atoms with Gasteiger partial charge < -0.3 is 15.9 Å². The molecule has 0 spiro atoms. The first-order valence-electron chi connectivity index (χ1n) is 5.11. The third-order valence-corrected chi connectivity index (χ3v) is 2.89. The molecule has 0 bridgehead atoms. The molecule has 0 aromatic heterocycles. The predicted octanol–water partition coefficient (Wildman–Crippen LogP) is 1.79. The molecule has 0 radical (unpaired) electrons. The highest BCUT2D eigenvalue weighted by molar-refractivity contribution is 5.68. The molecule has 1 aromatic rings. The number of carboxylic acids is 1. The maximum absolute atomic E-state index is 10.6. The summed E-state index contributed by atoms with van der Waals surface area (Å²) in [4.78, 5) is 10.6. The van der Waals surface area contributed by atoms with Gasteiger partial charge in [-0.15, -0.1) is 0 Å². The zero-order chi connectivity index (χ0) is 12.5. The highest BCUT2D eigenvalue weighted by atomic mass is 16.4. The molecule has 1 atom stereocenters. The Balaban J connectivity index is 3.19. The van der Waals surface area contributed by atoms with Crippen molar-refractivity contribution >= 4 is 5.97 Å². The van der Waals surface area contributed by atoms with E-state index in [-0.39, 0.29) is 12.2 Å². The lowest BCUT2D eigenvalue weighted by atomic mass is 9.93. The number of hydrogen-bond acceptors (Lipinski definition) is 3. The Morgan fingerprint density at radius 3 is 2.44 bits per heavy atom. The van der Waals surface area contributed by atoms with Crippen LogP contribution in [0.5, 0.6) is 5.75 Å². The number of carbonyl (C=O) groups is 1. The smallest absolute Gasteiger partial charge is 0.305 e. The second kappa shape index (κ2) is 4.53. The van der Waals surface area contributed by atoms with Crippen LogP contribution in [0.4, 0.5) is 0 Å². The Labute approximate surface area is 94.7 Å². The molecule has 0 aliphatic carbocycles. The number of carboxylic acid groups (broad SMARTS) is 1. The Bertz CT molecular complexity index is 427. The number of benzene rings is 1. The van der Waals surface area contributed by atoms with Gasteiger partial charge in [-0.25, -0.2) is 0 Å². The van der Waals surface area contributed by atoms with Crippen molar-refractivity contribution in [3.05, 3.63) is 28.3 Å². The summed E-state index contributed by atoms with van der Waals surface area (Å²) < 4.78 is 0. The molecule has 0 fully saturated rings. The zero-order valence-electron chi connectivity index (χ0n) is 9.74. The predicted molar refractivity (Wildman–Crippen MR) is 61.5 cm³/mol. The molecular weight excluding hydrogens is 206 g/mol. The first kappa shape index (κ1) is 12.5. The molecule has 0 aliphatic heterocycles. The second-order valence-electron chi connectivity index (χ2n) is 4.09. The number of phenols is 1. The van der Waals surface area contributed by atoms with Crippen molar-refractivity contribution in [3.63, 3.8) is 0 Å². The van der Waals surface area contributed by atoms with E-state index in [1.165, 1.54) is 0 Å². The molecule has 4 heteroatoms. The first-order chi connectivity index (χ1) is 7.34. The van der Waals surface area contributed by atoms with Crippen LogP contribution in [-0.2, 0) is 4.79 Å². The molecule has 88 valence electrons. The second-order valence-corrected chi connectivity index (χ2v) is 4.09. The van der Waals surface area contributed by atoms with Crippen LogP contribution >= 0.6 is 0 Å². The van der Waals surface area contributed by atoms with E-state index in [1.807, 2.05) is 6.92 Å². The SMILES string of the molecule is Cc1cc(C(N)CC(=O)O)c(C)c(C)c1O. The fraction of sp³-hybridized carbons (Fsp3) is 0.417. The molecule has 0 saturated carbocycles. The summed E-state index contributed by atoms with van der Waals surface area (Å²) in [6.45, 7) is 5.42. The maximum atomic E-state index is 10.6. The molecule has 16 heavy (non-hydrogen) atoms. The summed E-state index contributed by atoms with van der Waals surface area (Å²) in [5.41, 5.74) is 8.95. The quantitative estimate of drug-likeness (QED) is 0.729. The molecule has 4 nitrogen and oxygen atoms in total. The van der Waals surface area contributed by atoms with E-state index in [1.54, 1.807) is 19.9 Å². The van der Waals surface area contributed by atoms with Crippen LogP contribution in [0.3, 0.4) is 0 Å². The van der Waals surface area contributed by atoms with E-state index >= 15 is 0 Å². The fourth-order valence-electron chi connectivity index (χ4n) is 1.78. The molecule has 1 unspecified atom stereocenters. The van der Waals surface area contributed by atoms with Gasteiger partial charge in [-0.3, -0.25) is 4.79 Å². The maximum Gasteiger partial charge on any atom is 0.305 e. The standard InChI is InChI=1S/C12H17NO3/c1-6-4-9(10(13)5-11(14)15)7(2)8(3)12(6)16/h4,10,16H,5,13H2,1-3H3,(H,14,15). The summed E-state index contributed by atoms with van der Waals surface area (Å²) in [6.07, 6.45) is -0.107. The van der Waals surface area contributed by atoms with Crippen LogP contribution < -0.4 is 5.73 Å². The average Bonchev–Trinajstić information content (AvgIpc) is 2.19. The van der Waals surface area contributed by atoms with Gasteiger partial charge in [0, 0.05) is 6.04 Å². The van der Waals surface area contributed by atoms with Gasteiger partial charge in [0.05, 0.1) is 6.42 Å². The Morgan fingerprint density at radius 1 is 1.38 bits per heavy atom.